The molecule has 5 heteroatoms. The van der Waals surface area contributed by atoms with Gasteiger partial charge in [-0.25, -0.2) is 9.97 Å². The fourth-order valence-corrected chi connectivity index (χ4v) is 11.3. The first-order valence-corrected chi connectivity index (χ1v) is 20.9. The van der Waals surface area contributed by atoms with E-state index in [2.05, 4.69) is 191 Å². The minimum absolute atomic E-state index is 0.668. The zero-order valence-electron chi connectivity index (χ0n) is 31.5. The third-order valence-corrected chi connectivity index (χ3v) is 13.8. The molecule has 0 amide bonds. The maximum Gasteiger partial charge on any atom is 0.235 e. The van der Waals surface area contributed by atoms with E-state index < -0.39 is 0 Å². The van der Waals surface area contributed by atoms with Crippen LogP contribution < -0.4 is 0 Å². The number of aromatic nitrogens is 4. The summed E-state index contributed by atoms with van der Waals surface area (Å²) in [6, 6.07) is 66.4. The molecule has 59 heavy (non-hydrogen) atoms. The van der Waals surface area contributed by atoms with Gasteiger partial charge in [0, 0.05) is 48.3 Å². The predicted molar refractivity (Wildman–Crippen MR) is 248 cm³/mol. The van der Waals surface area contributed by atoms with Crippen LogP contribution >= 0.6 is 11.3 Å². The summed E-state index contributed by atoms with van der Waals surface area (Å²) in [4.78, 5) is 11.2. The van der Waals surface area contributed by atoms with Crippen LogP contribution in [0.3, 0.4) is 0 Å². The van der Waals surface area contributed by atoms with Crippen molar-refractivity contribution in [2.75, 3.05) is 0 Å². The van der Waals surface area contributed by atoms with Gasteiger partial charge >= 0.3 is 0 Å². The Bertz CT molecular complexity index is 3980. The van der Waals surface area contributed by atoms with E-state index >= 15 is 0 Å². The van der Waals surface area contributed by atoms with E-state index in [4.69, 9.17) is 9.97 Å². The molecule has 0 saturated carbocycles. The number of nitrogens with zero attached hydrogens (tertiary/aromatic N) is 4. The molecule has 0 atom stereocenters. The maximum atomic E-state index is 5.65. The Labute approximate surface area is 341 Å². The first-order valence-electron chi connectivity index (χ1n) is 20.1. The van der Waals surface area contributed by atoms with E-state index in [1.54, 1.807) is 11.3 Å². The zero-order chi connectivity index (χ0) is 38.3. The number of rotatable bonds is 2. The van der Waals surface area contributed by atoms with Gasteiger partial charge < -0.3 is 4.57 Å². The maximum absolute atomic E-state index is 5.65. The number of fused-ring (bicyclic) bond motifs is 18. The largest absolute Gasteiger partial charge is 0.308 e. The molecular formula is C54H30N4S. The molecule has 0 saturated heterocycles. The van der Waals surface area contributed by atoms with Crippen LogP contribution in [0.25, 0.3) is 131 Å². The van der Waals surface area contributed by atoms with E-state index in [1.165, 1.54) is 86.8 Å². The Morgan fingerprint density at radius 1 is 0.424 bits per heavy atom. The van der Waals surface area contributed by atoms with Crippen molar-refractivity contribution in [3.8, 4) is 45.1 Å². The highest BCUT2D eigenvalue weighted by Crippen LogP contribution is 2.52. The number of hydrogen-bond donors (Lipinski definition) is 0. The average Bonchev–Trinajstić information content (AvgIpc) is 3.92. The monoisotopic (exact) mass is 766 g/mol. The van der Waals surface area contributed by atoms with E-state index in [9.17, 15) is 0 Å². The fourth-order valence-electron chi connectivity index (χ4n) is 10.2. The van der Waals surface area contributed by atoms with E-state index in [0.29, 0.717) is 5.95 Å². The number of thiophene rings is 1. The Morgan fingerprint density at radius 3 is 1.97 bits per heavy atom. The molecule has 272 valence electrons. The summed E-state index contributed by atoms with van der Waals surface area (Å²) in [6.45, 7) is 0. The molecule has 0 unspecified atom stereocenters. The lowest BCUT2D eigenvalue weighted by Gasteiger charge is -2.13. The smallest absolute Gasteiger partial charge is 0.235 e. The van der Waals surface area contributed by atoms with Gasteiger partial charge in [-0.2, -0.15) is 0 Å². The van der Waals surface area contributed by atoms with Gasteiger partial charge in [0.2, 0.25) is 5.95 Å². The first-order chi connectivity index (χ1) is 29.3. The first kappa shape index (κ1) is 31.5. The molecule has 0 N–H and O–H groups in total. The normalized spacial score (nSPS) is 12.4. The quantitative estimate of drug-likeness (QED) is 0.164. The molecule has 0 spiro atoms. The van der Waals surface area contributed by atoms with Crippen molar-refractivity contribution < 1.29 is 0 Å². The predicted octanol–water partition coefficient (Wildman–Crippen LogP) is 14.7. The molecule has 1 aliphatic rings. The van der Waals surface area contributed by atoms with Crippen molar-refractivity contribution in [1.29, 1.82) is 0 Å². The van der Waals surface area contributed by atoms with Gasteiger partial charge in [-0.15, -0.1) is 11.3 Å². The Morgan fingerprint density at radius 2 is 1.08 bits per heavy atom. The van der Waals surface area contributed by atoms with Crippen molar-refractivity contribution in [3.05, 3.63) is 182 Å². The highest BCUT2D eigenvalue weighted by Gasteiger charge is 2.29. The van der Waals surface area contributed by atoms with Crippen LogP contribution in [-0.4, -0.2) is 19.1 Å². The standard InChI is InChI=1S/C54H30N4S/c1-2-14-34-31(13-1)25-26-32-29-33(27-28-35(32)34)50-53-51(41-20-8-12-24-47(41)59-53)56-54(55-50)58-45-23-11-7-19-40(45)48-46(58)30-42-38-17-6-10-22-44(38)57-43-21-9-5-16-37(43)36-15-3-4-18-39(36)49(48)52(42)57/h1-30H. The SMILES string of the molecule is c1ccc2c(c1)-c1ccccc1-n1c3ccccc3c3cc4c(c-2c31)c1ccccc1n4-c1nc(-c2ccc3c(ccc4ccccc43)c2)c2sc3ccccc3c2n1. The molecule has 0 fully saturated rings. The molecule has 14 rings (SSSR count). The van der Waals surface area contributed by atoms with Gasteiger partial charge in [-0.3, -0.25) is 4.57 Å². The molecule has 9 aromatic carbocycles. The Hall–Kier alpha value is -7.60. The highest BCUT2D eigenvalue weighted by molar-refractivity contribution is 7.26. The third-order valence-electron chi connectivity index (χ3n) is 12.7. The fraction of sp³-hybridized carbons (Fsp3) is 0. The summed E-state index contributed by atoms with van der Waals surface area (Å²) in [6.07, 6.45) is 0. The highest BCUT2D eigenvalue weighted by atomic mass is 32.1. The van der Waals surface area contributed by atoms with Gasteiger partial charge in [0.05, 0.1) is 43.7 Å². The molecule has 1 aliphatic heterocycles. The number of benzene rings is 9. The number of hydrogen-bond acceptors (Lipinski definition) is 3. The molecule has 4 aromatic heterocycles. The summed E-state index contributed by atoms with van der Waals surface area (Å²) in [5.74, 6) is 0.668. The second kappa shape index (κ2) is 11.5. The molecule has 13 aromatic rings. The van der Waals surface area contributed by atoms with Crippen molar-refractivity contribution in [2.24, 2.45) is 0 Å². The van der Waals surface area contributed by atoms with Gasteiger partial charge in [0.15, 0.2) is 0 Å². The van der Waals surface area contributed by atoms with Crippen LogP contribution in [0.2, 0.25) is 0 Å². The van der Waals surface area contributed by atoms with Crippen LogP contribution in [0, 0.1) is 0 Å². The van der Waals surface area contributed by atoms with Crippen molar-refractivity contribution in [3.63, 3.8) is 0 Å². The Balaban J connectivity index is 1.15. The van der Waals surface area contributed by atoms with Crippen molar-refractivity contribution in [2.45, 2.75) is 0 Å². The zero-order valence-corrected chi connectivity index (χ0v) is 32.3. The summed E-state index contributed by atoms with van der Waals surface area (Å²) in [5, 5.41) is 10.9. The minimum atomic E-state index is 0.668. The summed E-state index contributed by atoms with van der Waals surface area (Å²) < 4.78 is 7.13. The molecule has 5 heterocycles. The van der Waals surface area contributed by atoms with Crippen molar-refractivity contribution in [1.82, 2.24) is 19.1 Å². The van der Waals surface area contributed by atoms with Gasteiger partial charge in [-0.05, 0) is 69.1 Å². The second-order valence-electron chi connectivity index (χ2n) is 15.7. The van der Waals surface area contributed by atoms with Crippen LogP contribution in [-0.2, 0) is 0 Å². The van der Waals surface area contributed by atoms with Gasteiger partial charge in [-0.1, -0.05) is 146 Å². The summed E-state index contributed by atoms with van der Waals surface area (Å²) in [5.41, 5.74) is 13.7. The lowest BCUT2D eigenvalue weighted by atomic mass is 9.91. The summed E-state index contributed by atoms with van der Waals surface area (Å²) in [7, 11) is 0. The molecule has 4 nitrogen and oxygen atoms in total. The van der Waals surface area contributed by atoms with Crippen LogP contribution in [0.15, 0.2) is 182 Å². The van der Waals surface area contributed by atoms with Crippen LogP contribution in [0.5, 0.6) is 0 Å². The molecule has 0 aliphatic carbocycles. The lowest BCUT2D eigenvalue weighted by molar-refractivity contribution is 1.02. The Kier molecular flexibility index (Phi) is 6.14. The van der Waals surface area contributed by atoms with Gasteiger partial charge in [0.1, 0.15) is 0 Å². The topological polar surface area (TPSA) is 35.6 Å². The molecule has 0 bridgehead atoms. The summed E-state index contributed by atoms with van der Waals surface area (Å²) >= 11 is 1.78. The van der Waals surface area contributed by atoms with Gasteiger partial charge in [0.25, 0.3) is 0 Å². The minimum Gasteiger partial charge on any atom is -0.308 e. The van der Waals surface area contributed by atoms with E-state index in [0.717, 1.165) is 37.9 Å². The van der Waals surface area contributed by atoms with Crippen LogP contribution in [0.4, 0.5) is 0 Å². The third kappa shape index (κ3) is 4.16. The average molecular weight is 767 g/mol. The van der Waals surface area contributed by atoms with Crippen molar-refractivity contribution >= 4 is 96.8 Å². The van der Waals surface area contributed by atoms with E-state index in [-0.39, 0.29) is 0 Å². The lowest BCUT2D eigenvalue weighted by Crippen LogP contribution is -2.03. The number of para-hydroxylation sites is 3. The molecular weight excluding hydrogens is 737 g/mol. The second-order valence-corrected chi connectivity index (χ2v) is 16.7. The molecule has 0 radical (unpaired) electrons. The van der Waals surface area contributed by atoms with E-state index in [1.807, 2.05) is 0 Å². The van der Waals surface area contributed by atoms with Crippen LogP contribution in [0.1, 0.15) is 0 Å².